The minimum Gasteiger partial charge on any atom is -0.488 e. The van der Waals surface area contributed by atoms with Crippen molar-refractivity contribution in [3.05, 3.63) is 47.6 Å². The molecule has 1 aromatic carbocycles. The van der Waals surface area contributed by atoms with Gasteiger partial charge in [-0.1, -0.05) is 11.2 Å². The zero-order valence-electron chi connectivity index (χ0n) is 13.3. The molecule has 1 aromatic heterocycles. The number of hydrogen-bond donors (Lipinski definition) is 1. The number of carbonyl (C=O) groups excluding carboxylic acids is 1. The van der Waals surface area contributed by atoms with Crippen molar-refractivity contribution in [1.29, 1.82) is 0 Å². The molecule has 1 fully saturated rings. The Morgan fingerprint density at radius 1 is 1.46 bits per heavy atom. The average molecular weight is 334 g/mol. The molecule has 6 nitrogen and oxygen atoms in total. The Hall–Kier alpha value is -2.41. The Bertz CT molecular complexity index is 703. The number of benzene rings is 1. The summed E-state index contributed by atoms with van der Waals surface area (Å²) in [5.74, 6) is 0.381. The molecule has 2 heterocycles. The van der Waals surface area contributed by atoms with Crippen LogP contribution in [0.15, 0.2) is 34.9 Å². The lowest BCUT2D eigenvalue weighted by molar-refractivity contribution is -0.123. The van der Waals surface area contributed by atoms with Gasteiger partial charge >= 0.3 is 0 Å². The highest BCUT2D eigenvalue weighted by molar-refractivity contribution is 5.78. The summed E-state index contributed by atoms with van der Waals surface area (Å²) < 4.78 is 29.6. The Labute approximate surface area is 138 Å². The van der Waals surface area contributed by atoms with Gasteiger partial charge in [-0.15, -0.1) is 0 Å². The molecule has 1 aliphatic heterocycles. The smallest absolute Gasteiger partial charge is 0.228 e. The maximum Gasteiger partial charge on any atom is 0.228 e. The Morgan fingerprint density at radius 2 is 2.33 bits per heavy atom. The number of halogens is 1. The van der Waals surface area contributed by atoms with Crippen molar-refractivity contribution in [2.45, 2.75) is 31.9 Å². The van der Waals surface area contributed by atoms with Crippen LogP contribution < -0.4 is 10.1 Å². The van der Waals surface area contributed by atoms with Gasteiger partial charge in [0.05, 0.1) is 31.4 Å². The van der Waals surface area contributed by atoms with Crippen LogP contribution in [0, 0.1) is 12.7 Å². The highest BCUT2D eigenvalue weighted by Crippen LogP contribution is 2.19. The fourth-order valence-electron chi connectivity index (χ4n) is 2.62. The van der Waals surface area contributed by atoms with E-state index in [-0.39, 0.29) is 30.3 Å². The van der Waals surface area contributed by atoms with Gasteiger partial charge in [0.1, 0.15) is 23.4 Å². The summed E-state index contributed by atoms with van der Waals surface area (Å²) in [6.45, 7) is 2.68. The number of nitrogens with one attached hydrogen (secondary N) is 1. The summed E-state index contributed by atoms with van der Waals surface area (Å²) >= 11 is 0. The highest BCUT2D eigenvalue weighted by Gasteiger charge is 2.29. The third-order valence-electron chi connectivity index (χ3n) is 3.73. The van der Waals surface area contributed by atoms with E-state index >= 15 is 0 Å². The maximum atomic E-state index is 13.3. The molecular weight excluding hydrogens is 315 g/mol. The molecule has 128 valence electrons. The van der Waals surface area contributed by atoms with Crippen LogP contribution in [0.25, 0.3) is 0 Å². The van der Waals surface area contributed by atoms with E-state index in [9.17, 15) is 9.18 Å². The average Bonchev–Trinajstić information content (AvgIpc) is 2.94. The van der Waals surface area contributed by atoms with E-state index in [4.69, 9.17) is 14.0 Å². The third kappa shape index (κ3) is 4.32. The van der Waals surface area contributed by atoms with E-state index in [2.05, 4.69) is 10.5 Å². The summed E-state index contributed by atoms with van der Waals surface area (Å²) in [5.41, 5.74) is 0.728. The minimum atomic E-state index is -0.360. The molecule has 1 saturated heterocycles. The number of carbonyl (C=O) groups is 1. The number of hydrogen-bond acceptors (Lipinski definition) is 5. The quantitative estimate of drug-likeness (QED) is 0.905. The Balaban J connectivity index is 1.60. The summed E-state index contributed by atoms with van der Waals surface area (Å²) in [7, 11) is 0. The number of aromatic nitrogens is 1. The lowest BCUT2D eigenvalue weighted by Gasteiger charge is -2.32. The summed E-state index contributed by atoms with van der Waals surface area (Å²) in [6.07, 6.45) is 0.438. The van der Waals surface area contributed by atoms with Crippen LogP contribution in [-0.4, -0.2) is 36.4 Å². The number of ether oxygens (including phenoxy) is 2. The number of aryl methyl sites for hydroxylation is 1. The second-order valence-corrected chi connectivity index (χ2v) is 5.76. The fraction of sp³-hybridized carbons (Fsp3) is 0.412. The lowest BCUT2D eigenvalue weighted by Crippen LogP contribution is -2.52. The summed E-state index contributed by atoms with van der Waals surface area (Å²) in [6, 6.07) is 7.37. The first-order chi connectivity index (χ1) is 11.6. The first kappa shape index (κ1) is 16.4. The monoisotopic (exact) mass is 334 g/mol. The Morgan fingerprint density at radius 3 is 3.08 bits per heavy atom. The standard InChI is InChI=1S/C17H19FN2O4/c1-11-7-14(24-20-11)9-17(21)19-15-10-22-6-5-16(15)23-13-4-2-3-12(18)8-13/h2-4,7-8,15-16H,5-6,9-10H2,1H3,(H,19,21). The second kappa shape index (κ2) is 7.44. The van der Waals surface area contributed by atoms with Crippen LogP contribution in [0.2, 0.25) is 0 Å². The molecule has 1 aliphatic rings. The fourth-order valence-corrected chi connectivity index (χ4v) is 2.62. The van der Waals surface area contributed by atoms with Crippen LogP contribution >= 0.6 is 0 Å². The van der Waals surface area contributed by atoms with Crippen molar-refractivity contribution in [1.82, 2.24) is 10.5 Å². The van der Waals surface area contributed by atoms with E-state index in [0.717, 1.165) is 5.69 Å². The molecule has 7 heteroatoms. The molecule has 3 rings (SSSR count). The van der Waals surface area contributed by atoms with Gasteiger partial charge in [-0.2, -0.15) is 0 Å². The minimum absolute atomic E-state index is 0.101. The van der Waals surface area contributed by atoms with Gasteiger partial charge < -0.3 is 19.3 Å². The van der Waals surface area contributed by atoms with Gasteiger partial charge in [0.25, 0.3) is 0 Å². The molecule has 0 bridgehead atoms. The molecule has 24 heavy (non-hydrogen) atoms. The van der Waals surface area contributed by atoms with Crippen LogP contribution in [-0.2, 0) is 16.0 Å². The third-order valence-corrected chi connectivity index (χ3v) is 3.73. The first-order valence-electron chi connectivity index (χ1n) is 7.81. The van der Waals surface area contributed by atoms with Crippen molar-refractivity contribution in [2.24, 2.45) is 0 Å². The lowest BCUT2D eigenvalue weighted by atomic mass is 10.1. The zero-order chi connectivity index (χ0) is 16.9. The van der Waals surface area contributed by atoms with E-state index in [1.54, 1.807) is 25.1 Å². The maximum absolute atomic E-state index is 13.3. The van der Waals surface area contributed by atoms with Crippen LogP contribution in [0.4, 0.5) is 4.39 Å². The topological polar surface area (TPSA) is 73.6 Å². The second-order valence-electron chi connectivity index (χ2n) is 5.76. The highest BCUT2D eigenvalue weighted by atomic mass is 19.1. The summed E-state index contributed by atoms with van der Waals surface area (Å²) in [5, 5.41) is 6.65. The normalized spacial score (nSPS) is 20.6. The molecule has 2 atom stereocenters. The van der Waals surface area contributed by atoms with Gasteiger partial charge in [-0.3, -0.25) is 4.79 Å². The van der Waals surface area contributed by atoms with E-state index in [1.807, 2.05) is 0 Å². The Kier molecular flexibility index (Phi) is 5.10. The predicted molar refractivity (Wildman–Crippen MR) is 83.1 cm³/mol. The van der Waals surface area contributed by atoms with Gasteiger partial charge in [0.15, 0.2) is 0 Å². The van der Waals surface area contributed by atoms with Crippen molar-refractivity contribution in [3.8, 4) is 5.75 Å². The van der Waals surface area contributed by atoms with Gasteiger partial charge in [-0.25, -0.2) is 4.39 Å². The molecule has 2 aromatic rings. The van der Waals surface area contributed by atoms with Crippen LogP contribution in [0.1, 0.15) is 17.9 Å². The van der Waals surface area contributed by atoms with E-state index < -0.39 is 0 Å². The van der Waals surface area contributed by atoms with Crippen molar-refractivity contribution in [3.63, 3.8) is 0 Å². The SMILES string of the molecule is Cc1cc(CC(=O)NC2COCCC2Oc2cccc(F)c2)on1. The van der Waals surface area contributed by atoms with E-state index in [0.29, 0.717) is 31.1 Å². The molecule has 0 radical (unpaired) electrons. The van der Waals surface area contributed by atoms with E-state index in [1.165, 1.54) is 12.1 Å². The van der Waals surface area contributed by atoms with Crippen molar-refractivity contribution < 1.29 is 23.2 Å². The van der Waals surface area contributed by atoms with Gasteiger partial charge in [0.2, 0.25) is 5.91 Å². The summed E-state index contributed by atoms with van der Waals surface area (Å²) in [4.78, 5) is 12.2. The number of rotatable bonds is 5. The number of amides is 1. The molecule has 1 amide bonds. The molecule has 1 N–H and O–H groups in total. The van der Waals surface area contributed by atoms with Gasteiger partial charge in [0, 0.05) is 18.6 Å². The zero-order valence-corrected chi connectivity index (χ0v) is 13.3. The first-order valence-corrected chi connectivity index (χ1v) is 7.81. The largest absolute Gasteiger partial charge is 0.488 e. The van der Waals surface area contributed by atoms with Crippen molar-refractivity contribution in [2.75, 3.05) is 13.2 Å². The molecule has 0 spiro atoms. The molecule has 0 aliphatic carbocycles. The van der Waals surface area contributed by atoms with Gasteiger partial charge in [-0.05, 0) is 19.1 Å². The van der Waals surface area contributed by atoms with Crippen LogP contribution in [0.3, 0.4) is 0 Å². The number of nitrogens with zero attached hydrogens (tertiary/aromatic N) is 1. The predicted octanol–water partition coefficient (Wildman–Crippen LogP) is 2.02. The molecule has 2 unspecified atom stereocenters. The van der Waals surface area contributed by atoms with Crippen LogP contribution in [0.5, 0.6) is 5.75 Å². The molecule has 0 saturated carbocycles. The molecular formula is C17H19FN2O4. The van der Waals surface area contributed by atoms with Crippen molar-refractivity contribution >= 4 is 5.91 Å².